The smallest absolute Gasteiger partial charge is 0.0785 e. The molecular formula is C16H27NO2. The highest BCUT2D eigenvalue weighted by molar-refractivity contribution is 5.39. The quantitative estimate of drug-likeness (QED) is 0.796. The van der Waals surface area contributed by atoms with Gasteiger partial charge in [-0.2, -0.15) is 0 Å². The molecule has 0 aliphatic carbocycles. The maximum absolute atomic E-state index is 9.61. The van der Waals surface area contributed by atoms with Crippen LogP contribution in [-0.2, 0) is 4.74 Å². The van der Waals surface area contributed by atoms with E-state index in [0.29, 0.717) is 19.1 Å². The molecule has 19 heavy (non-hydrogen) atoms. The number of hydrogen-bond donors (Lipinski definition) is 2. The maximum Gasteiger partial charge on any atom is 0.0785 e. The van der Waals surface area contributed by atoms with Crippen molar-refractivity contribution in [2.45, 2.75) is 46.3 Å². The third-order valence-electron chi connectivity index (χ3n) is 3.46. The molecule has 0 saturated carbocycles. The summed E-state index contributed by atoms with van der Waals surface area (Å²) in [6.45, 7) is 9.81. The van der Waals surface area contributed by atoms with Crippen molar-refractivity contribution in [1.82, 2.24) is 5.32 Å². The van der Waals surface area contributed by atoms with Gasteiger partial charge in [0.05, 0.1) is 12.7 Å². The summed E-state index contributed by atoms with van der Waals surface area (Å²) in [4.78, 5) is 0. The lowest BCUT2D eigenvalue weighted by atomic mass is 9.95. The molecule has 1 aromatic carbocycles. The van der Waals surface area contributed by atoms with Gasteiger partial charge >= 0.3 is 0 Å². The first-order valence-electron chi connectivity index (χ1n) is 6.93. The number of hydrogen-bond acceptors (Lipinski definition) is 3. The number of aliphatic hydroxyl groups is 1. The van der Waals surface area contributed by atoms with Crippen molar-refractivity contribution in [3.8, 4) is 0 Å². The van der Waals surface area contributed by atoms with Crippen LogP contribution in [0.5, 0.6) is 0 Å². The second-order valence-corrected chi connectivity index (χ2v) is 5.39. The molecule has 0 fully saturated rings. The van der Waals surface area contributed by atoms with Gasteiger partial charge in [-0.25, -0.2) is 0 Å². The average Bonchev–Trinajstić information content (AvgIpc) is 2.27. The SMILES string of the molecule is COCC(O)CCNC(C)c1c(C)cc(C)cc1C. The molecule has 0 aliphatic rings. The Hall–Kier alpha value is -0.900. The summed E-state index contributed by atoms with van der Waals surface area (Å²) in [6.07, 6.45) is 0.326. The zero-order chi connectivity index (χ0) is 14.4. The number of aliphatic hydroxyl groups excluding tert-OH is 1. The third kappa shape index (κ3) is 4.94. The Morgan fingerprint density at radius 2 is 1.79 bits per heavy atom. The molecule has 0 aliphatic heterocycles. The molecule has 0 amide bonds. The van der Waals surface area contributed by atoms with E-state index in [1.54, 1.807) is 7.11 Å². The molecule has 0 saturated heterocycles. The molecular weight excluding hydrogens is 238 g/mol. The number of ether oxygens (including phenoxy) is 1. The van der Waals surface area contributed by atoms with Crippen LogP contribution in [0.3, 0.4) is 0 Å². The number of aryl methyl sites for hydroxylation is 3. The van der Waals surface area contributed by atoms with Crippen LogP contribution < -0.4 is 5.32 Å². The second-order valence-electron chi connectivity index (χ2n) is 5.39. The van der Waals surface area contributed by atoms with E-state index in [-0.39, 0.29) is 6.10 Å². The predicted molar refractivity (Wildman–Crippen MR) is 79.6 cm³/mol. The van der Waals surface area contributed by atoms with Gasteiger partial charge in [0.2, 0.25) is 0 Å². The van der Waals surface area contributed by atoms with E-state index in [4.69, 9.17) is 4.74 Å². The zero-order valence-corrected chi connectivity index (χ0v) is 12.8. The molecule has 0 aromatic heterocycles. The molecule has 1 aromatic rings. The van der Waals surface area contributed by atoms with Crippen molar-refractivity contribution in [3.05, 3.63) is 34.4 Å². The van der Waals surface area contributed by atoms with Crippen LogP contribution >= 0.6 is 0 Å². The number of methoxy groups -OCH3 is 1. The molecule has 3 nitrogen and oxygen atoms in total. The van der Waals surface area contributed by atoms with Crippen molar-refractivity contribution < 1.29 is 9.84 Å². The van der Waals surface area contributed by atoms with Crippen molar-refractivity contribution in [2.75, 3.05) is 20.3 Å². The molecule has 1 rings (SSSR count). The topological polar surface area (TPSA) is 41.5 Å². The maximum atomic E-state index is 9.61. The van der Waals surface area contributed by atoms with Gasteiger partial charge in [0.15, 0.2) is 0 Å². The number of nitrogens with one attached hydrogen (secondary N) is 1. The molecule has 0 heterocycles. The van der Waals surface area contributed by atoms with Gasteiger partial charge in [-0.15, -0.1) is 0 Å². The van der Waals surface area contributed by atoms with Gasteiger partial charge in [0.1, 0.15) is 0 Å². The fraction of sp³-hybridized carbons (Fsp3) is 0.625. The lowest BCUT2D eigenvalue weighted by molar-refractivity contribution is 0.0590. The summed E-state index contributed by atoms with van der Waals surface area (Å²) in [5.41, 5.74) is 5.33. The van der Waals surface area contributed by atoms with E-state index < -0.39 is 0 Å². The van der Waals surface area contributed by atoms with Crippen LogP contribution in [-0.4, -0.2) is 31.5 Å². The fourth-order valence-corrected chi connectivity index (χ4v) is 2.72. The highest BCUT2D eigenvalue weighted by atomic mass is 16.5. The van der Waals surface area contributed by atoms with Crippen molar-refractivity contribution >= 4 is 0 Å². The minimum Gasteiger partial charge on any atom is -0.391 e. The van der Waals surface area contributed by atoms with Crippen LogP contribution in [0.4, 0.5) is 0 Å². The Bertz CT molecular complexity index is 381. The van der Waals surface area contributed by atoms with Crippen LogP contribution in [0.25, 0.3) is 0 Å². The Morgan fingerprint density at radius 3 is 2.32 bits per heavy atom. The standard InChI is InChI=1S/C16H27NO2/c1-11-8-12(2)16(13(3)9-11)14(4)17-7-6-15(18)10-19-5/h8-9,14-15,17-18H,6-7,10H2,1-5H3. The molecule has 108 valence electrons. The van der Waals surface area contributed by atoms with E-state index >= 15 is 0 Å². The van der Waals surface area contributed by atoms with Crippen molar-refractivity contribution in [3.63, 3.8) is 0 Å². The normalized spacial score (nSPS) is 14.4. The first-order chi connectivity index (χ1) is 8.95. The zero-order valence-electron chi connectivity index (χ0n) is 12.8. The first-order valence-corrected chi connectivity index (χ1v) is 6.93. The highest BCUT2D eigenvalue weighted by Gasteiger charge is 2.12. The van der Waals surface area contributed by atoms with E-state index in [1.807, 2.05) is 0 Å². The van der Waals surface area contributed by atoms with Crippen molar-refractivity contribution in [2.24, 2.45) is 0 Å². The van der Waals surface area contributed by atoms with E-state index in [1.165, 1.54) is 22.3 Å². The van der Waals surface area contributed by atoms with Crippen molar-refractivity contribution in [1.29, 1.82) is 0 Å². The monoisotopic (exact) mass is 265 g/mol. The van der Waals surface area contributed by atoms with Crippen LogP contribution in [0, 0.1) is 20.8 Å². The van der Waals surface area contributed by atoms with Gasteiger partial charge in [-0.1, -0.05) is 17.7 Å². The summed E-state index contributed by atoms with van der Waals surface area (Å²) in [6, 6.07) is 4.75. The van der Waals surface area contributed by atoms with Gasteiger partial charge in [-0.05, 0) is 57.4 Å². The first kappa shape index (κ1) is 16.2. The van der Waals surface area contributed by atoms with E-state index in [0.717, 1.165) is 6.54 Å². The Labute approximate surface area is 117 Å². The molecule has 0 radical (unpaired) electrons. The third-order valence-corrected chi connectivity index (χ3v) is 3.46. The summed E-state index contributed by atoms with van der Waals surface area (Å²) in [5, 5.41) is 13.1. The Kier molecular flexibility index (Phi) is 6.49. The van der Waals surface area contributed by atoms with E-state index in [2.05, 4.69) is 45.1 Å². The summed E-state index contributed by atoms with van der Waals surface area (Å²) >= 11 is 0. The second kappa shape index (κ2) is 7.63. The van der Waals surface area contributed by atoms with Crippen LogP contribution in [0.1, 0.15) is 41.6 Å². The van der Waals surface area contributed by atoms with E-state index in [9.17, 15) is 5.11 Å². The van der Waals surface area contributed by atoms with Crippen LogP contribution in [0.15, 0.2) is 12.1 Å². The average molecular weight is 265 g/mol. The largest absolute Gasteiger partial charge is 0.391 e. The molecule has 2 unspecified atom stereocenters. The molecule has 0 bridgehead atoms. The van der Waals surface area contributed by atoms with Gasteiger partial charge in [0.25, 0.3) is 0 Å². The fourth-order valence-electron chi connectivity index (χ4n) is 2.72. The summed E-state index contributed by atoms with van der Waals surface area (Å²) < 4.78 is 4.92. The minimum atomic E-state index is -0.384. The molecule has 2 atom stereocenters. The summed E-state index contributed by atoms with van der Waals surface area (Å²) in [5.74, 6) is 0. The Balaban J connectivity index is 2.56. The predicted octanol–water partition coefficient (Wildman–Crippen LogP) is 2.66. The molecule has 3 heteroatoms. The van der Waals surface area contributed by atoms with Gasteiger partial charge in [0, 0.05) is 13.2 Å². The number of benzene rings is 1. The Morgan fingerprint density at radius 1 is 1.21 bits per heavy atom. The molecule has 2 N–H and O–H groups in total. The lowest BCUT2D eigenvalue weighted by Crippen LogP contribution is -2.26. The van der Waals surface area contributed by atoms with Crippen LogP contribution in [0.2, 0.25) is 0 Å². The highest BCUT2D eigenvalue weighted by Crippen LogP contribution is 2.23. The summed E-state index contributed by atoms with van der Waals surface area (Å²) in [7, 11) is 1.61. The lowest BCUT2D eigenvalue weighted by Gasteiger charge is -2.20. The van der Waals surface area contributed by atoms with Gasteiger partial charge < -0.3 is 15.2 Å². The molecule has 0 spiro atoms. The minimum absolute atomic E-state index is 0.301. The van der Waals surface area contributed by atoms with Gasteiger partial charge in [-0.3, -0.25) is 0 Å². The number of rotatable bonds is 7.